The predicted octanol–water partition coefficient (Wildman–Crippen LogP) is 6.73. The largest absolute Gasteiger partial charge is 0.508 e. The molecule has 0 spiro atoms. The van der Waals surface area contributed by atoms with Gasteiger partial charge in [0.15, 0.2) is 11.5 Å². The molecular weight excluding hydrogens is 623 g/mol. The smallest absolute Gasteiger partial charge is 0.168 e. The number of rotatable bonds is 6. The number of phenols is 3. The van der Waals surface area contributed by atoms with Crippen LogP contribution < -0.4 is 10.1 Å². The van der Waals surface area contributed by atoms with Crippen LogP contribution in [-0.4, -0.2) is 64.6 Å². The fourth-order valence-electron chi connectivity index (χ4n) is 5.92. The van der Waals surface area contributed by atoms with E-state index in [1.807, 2.05) is 43.4 Å². The van der Waals surface area contributed by atoms with Gasteiger partial charge >= 0.3 is 0 Å². The molecule has 8 nitrogen and oxygen atoms in total. The number of hydrogen-bond acceptors (Lipinski definition) is 10. The minimum absolute atomic E-state index is 0.00860. The Hall–Kier alpha value is -3.41. The van der Waals surface area contributed by atoms with Gasteiger partial charge in [-0.25, -0.2) is 0 Å². The number of ether oxygens (including phenoxy) is 2. The van der Waals surface area contributed by atoms with Crippen LogP contribution in [0.3, 0.4) is 0 Å². The highest BCUT2D eigenvalue weighted by Gasteiger charge is 2.24. The summed E-state index contributed by atoms with van der Waals surface area (Å²) in [6.07, 6.45) is 1.15. The third-order valence-corrected chi connectivity index (χ3v) is 10.7. The first-order chi connectivity index (χ1) is 22.2. The molecule has 5 rings (SSSR count). The lowest BCUT2D eigenvalue weighted by atomic mass is 9.89. The molecule has 5 N–H and O–H groups in total. The van der Waals surface area contributed by atoms with Crippen LogP contribution in [0.4, 0.5) is 0 Å². The number of phenolic OH excluding ortho intramolecular Hbond substituents is 3. The molecule has 0 unspecified atom stereocenters. The molecule has 1 heterocycles. The second kappa shape index (κ2) is 15.9. The number of aromatic hydroxyl groups is 3. The molecule has 244 valence electrons. The fourth-order valence-corrected chi connectivity index (χ4v) is 8.21. The van der Waals surface area contributed by atoms with Gasteiger partial charge in [0, 0.05) is 36.3 Å². The van der Waals surface area contributed by atoms with Gasteiger partial charge in [-0.3, -0.25) is 10.1 Å². The van der Waals surface area contributed by atoms with Crippen molar-refractivity contribution in [1.29, 1.82) is 0 Å². The summed E-state index contributed by atoms with van der Waals surface area (Å²) in [6, 6.07) is 19.7. The summed E-state index contributed by atoms with van der Waals surface area (Å²) in [5.74, 6) is 1.83. The van der Waals surface area contributed by atoms with E-state index >= 15 is 0 Å². The summed E-state index contributed by atoms with van der Waals surface area (Å²) < 4.78 is 12.2. The summed E-state index contributed by atoms with van der Waals surface area (Å²) >= 11 is 0. The van der Waals surface area contributed by atoms with E-state index in [0.717, 1.165) is 38.6 Å². The highest BCUT2D eigenvalue weighted by Crippen LogP contribution is 2.45. The molecule has 0 saturated carbocycles. The summed E-state index contributed by atoms with van der Waals surface area (Å²) in [4.78, 5) is 13.5. The van der Waals surface area contributed by atoms with Gasteiger partial charge in [-0.1, -0.05) is 58.0 Å². The maximum atomic E-state index is 13.5. The van der Waals surface area contributed by atoms with E-state index in [1.165, 1.54) is 7.11 Å². The zero-order valence-corrected chi connectivity index (χ0v) is 27.7. The molecular formula is C36H41NO7S2. The van der Waals surface area contributed by atoms with Gasteiger partial charge in [-0.15, -0.1) is 0 Å². The molecule has 46 heavy (non-hydrogen) atoms. The Morgan fingerprint density at radius 2 is 1.70 bits per heavy atom. The third-order valence-electron chi connectivity index (χ3n) is 8.35. The molecule has 0 bridgehead atoms. The molecule has 1 aliphatic rings. The van der Waals surface area contributed by atoms with Gasteiger partial charge < -0.3 is 29.9 Å². The Labute approximate surface area is 277 Å². The number of benzene rings is 4. The first kappa shape index (κ1) is 33.9. The van der Waals surface area contributed by atoms with Crippen LogP contribution in [0.1, 0.15) is 42.4 Å². The van der Waals surface area contributed by atoms with Crippen molar-refractivity contribution in [3.05, 3.63) is 83.4 Å². The quantitative estimate of drug-likeness (QED) is 0.112. The number of Topliss-reactive ketones (excluding diaryl/α,β-unsaturated/α-hetero) is 1. The lowest BCUT2D eigenvalue weighted by molar-refractivity contribution is -0.124. The summed E-state index contributed by atoms with van der Waals surface area (Å²) in [7, 11) is 6.54. The molecule has 1 aliphatic heterocycles. The van der Waals surface area contributed by atoms with E-state index in [0.29, 0.717) is 42.9 Å². The normalized spacial score (nSPS) is 18.9. The van der Waals surface area contributed by atoms with Gasteiger partial charge in [0.05, 0.1) is 19.3 Å². The maximum Gasteiger partial charge on any atom is 0.168 e. The van der Waals surface area contributed by atoms with Crippen LogP contribution in [0, 0.1) is 0 Å². The van der Waals surface area contributed by atoms with Gasteiger partial charge in [0.25, 0.3) is 0 Å². The highest BCUT2D eigenvalue weighted by atomic mass is 33.1. The summed E-state index contributed by atoms with van der Waals surface area (Å²) in [5, 5.41) is 46.8. The lowest BCUT2D eigenvalue weighted by Gasteiger charge is -2.26. The number of carbonyl (C=O) groups excluding carboxylic acids is 1. The highest BCUT2D eigenvalue weighted by molar-refractivity contribution is 8.76. The Morgan fingerprint density at radius 1 is 0.935 bits per heavy atom. The van der Waals surface area contributed by atoms with Crippen molar-refractivity contribution >= 4 is 38.1 Å². The zero-order valence-electron chi connectivity index (χ0n) is 26.1. The Kier molecular flexibility index (Phi) is 11.8. The standard InChI is InChI=1S/C36H41NO7S2/c1-37-34(17-22-3-9-25(38)10-4-22)44-29-14-13-28(41)20-45-46-21-32-30(15-7-23-5-11-27(40)19-31(23)32)35-24(6-12-26(39)18-29)8-16-33(42)36(35)43-2/h3-5,7-11,15-16,19,28-29,34,37-38,40-42H,6,12-14,17-18,20-21H2,1-2H3/t28-,29-,34+/m0/s1. The molecule has 4 aromatic carbocycles. The molecule has 0 fully saturated rings. The molecule has 10 heteroatoms. The number of carbonyl (C=O) groups is 1. The Morgan fingerprint density at radius 3 is 2.46 bits per heavy atom. The van der Waals surface area contributed by atoms with E-state index in [1.54, 1.807) is 51.9 Å². The van der Waals surface area contributed by atoms with Crippen LogP contribution in [0.5, 0.6) is 23.0 Å². The molecule has 0 amide bonds. The van der Waals surface area contributed by atoms with Crippen molar-refractivity contribution in [3.63, 3.8) is 0 Å². The lowest BCUT2D eigenvalue weighted by Crippen LogP contribution is -2.36. The molecule has 0 aromatic heterocycles. The number of aryl methyl sites for hydroxylation is 1. The average Bonchev–Trinajstić information content (AvgIpc) is 3.05. The molecule has 3 atom stereocenters. The van der Waals surface area contributed by atoms with Crippen molar-refractivity contribution < 1.29 is 34.7 Å². The van der Waals surface area contributed by atoms with E-state index in [2.05, 4.69) is 5.32 Å². The number of aliphatic hydroxyl groups is 1. The van der Waals surface area contributed by atoms with Crippen LogP contribution in [0.15, 0.2) is 66.7 Å². The van der Waals surface area contributed by atoms with Crippen molar-refractivity contribution in [2.75, 3.05) is 19.9 Å². The van der Waals surface area contributed by atoms with E-state index in [9.17, 15) is 25.2 Å². The van der Waals surface area contributed by atoms with Crippen LogP contribution in [0.2, 0.25) is 0 Å². The van der Waals surface area contributed by atoms with Crippen LogP contribution in [0.25, 0.3) is 21.9 Å². The zero-order chi connectivity index (χ0) is 32.6. The van der Waals surface area contributed by atoms with Crippen molar-refractivity contribution in [1.82, 2.24) is 5.32 Å². The number of likely N-dealkylation sites (N-methyl/N-ethyl adjacent to an activating group) is 1. The number of aliphatic hydroxyl groups excluding tert-OH is 1. The van der Waals surface area contributed by atoms with Gasteiger partial charge in [-0.05, 0) is 89.7 Å². The average molecular weight is 664 g/mol. The minimum atomic E-state index is -0.578. The monoisotopic (exact) mass is 663 g/mol. The fraction of sp³-hybridized carbons (Fsp3) is 0.361. The van der Waals surface area contributed by atoms with E-state index in [-0.39, 0.29) is 42.1 Å². The molecule has 4 aromatic rings. The second-order valence-electron chi connectivity index (χ2n) is 11.6. The molecule has 0 saturated heterocycles. The van der Waals surface area contributed by atoms with Crippen molar-refractivity contribution in [2.24, 2.45) is 0 Å². The molecule has 0 radical (unpaired) electrons. The van der Waals surface area contributed by atoms with Gasteiger partial charge in [0.2, 0.25) is 0 Å². The second-order valence-corrected chi connectivity index (χ2v) is 14.1. The maximum absolute atomic E-state index is 13.5. The Balaban J connectivity index is 1.46. The van der Waals surface area contributed by atoms with Crippen LogP contribution in [-0.2, 0) is 28.1 Å². The number of fused-ring (bicyclic) bond motifs is 5. The number of nitrogens with one attached hydrogen (secondary N) is 1. The summed E-state index contributed by atoms with van der Waals surface area (Å²) in [6.45, 7) is 0. The minimum Gasteiger partial charge on any atom is -0.508 e. The van der Waals surface area contributed by atoms with Crippen molar-refractivity contribution in [2.45, 2.75) is 62.7 Å². The number of methoxy groups -OCH3 is 1. The number of ketones is 1. The number of hydrogen-bond donors (Lipinski definition) is 5. The predicted molar refractivity (Wildman–Crippen MR) is 186 cm³/mol. The summed E-state index contributed by atoms with van der Waals surface area (Å²) in [5.41, 5.74) is 4.43. The first-order valence-corrected chi connectivity index (χ1v) is 17.9. The Bertz CT molecular complexity index is 1650. The van der Waals surface area contributed by atoms with Crippen LogP contribution >= 0.6 is 21.6 Å². The third kappa shape index (κ3) is 8.49. The topological polar surface area (TPSA) is 128 Å². The SMILES string of the molecule is CN[C@@H](Cc1ccc(O)cc1)O[C@H]1CC[C@H](O)CSSCc2c(ccc3ccc(O)cc23)-c2c(ccc(O)c2OC)CCC(=O)C1. The van der Waals surface area contributed by atoms with Gasteiger partial charge in [-0.2, -0.15) is 0 Å². The van der Waals surface area contributed by atoms with E-state index < -0.39 is 12.2 Å². The molecule has 0 aliphatic carbocycles. The van der Waals surface area contributed by atoms with Crippen molar-refractivity contribution in [3.8, 4) is 34.1 Å². The van der Waals surface area contributed by atoms with E-state index in [4.69, 9.17) is 9.47 Å². The van der Waals surface area contributed by atoms with Gasteiger partial charge in [0.1, 0.15) is 23.5 Å². The first-order valence-electron chi connectivity index (χ1n) is 15.4.